The first-order valence-corrected chi connectivity index (χ1v) is 6.00. The summed E-state index contributed by atoms with van der Waals surface area (Å²) in [7, 11) is 1.66. The third kappa shape index (κ3) is 2.45. The number of hydrogen-bond donors (Lipinski definition) is 0. The number of methoxy groups -OCH3 is 1. The van der Waals surface area contributed by atoms with Gasteiger partial charge in [-0.25, -0.2) is 4.98 Å². The van der Waals surface area contributed by atoms with Crippen LogP contribution in [0.4, 0.5) is 0 Å². The Morgan fingerprint density at radius 1 is 1.59 bits per heavy atom. The van der Waals surface area contributed by atoms with Crippen LogP contribution in [0, 0.1) is 0 Å². The summed E-state index contributed by atoms with van der Waals surface area (Å²) in [5, 5.41) is -0.492. The number of imidazole rings is 1. The number of carbonyl (C=O) groups excluding carboxylic acids is 1. The minimum atomic E-state index is -0.492. The Balaban J connectivity index is 2.11. The van der Waals surface area contributed by atoms with Crippen molar-refractivity contribution in [3.8, 4) is 0 Å². The van der Waals surface area contributed by atoms with E-state index in [2.05, 4.69) is 4.98 Å². The second-order valence-corrected chi connectivity index (χ2v) is 4.87. The number of aromatic nitrogens is 2. The van der Waals surface area contributed by atoms with Gasteiger partial charge in [0.2, 0.25) is 5.91 Å². The molecular weight excluding hydrogens is 242 g/mol. The normalized spacial score (nSPS) is 26.2. The largest absolute Gasteiger partial charge is 0.377 e. The van der Waals surface area contributed by atoms with Gasteiger partial charge < -0.3 is 14.2 Å². The lowest BCUT2D eigenvalue weighted by Gasteiger charge is -2.17. The van der Waals surface area contributed by atoms with E-state index in [1.165, 1.54) is 0 Å². The van der Waals surface area contributed by atoms with Gasteiger partial charge in [0, 0.05) is 32.6 Å². The molecule has 5 nitrogen and oxygen atoms in total. The molecule has 0 saturated carbocycles. The number of halogens is 1. The summed E-state index contributed by atoms with van der Waals surface area (Å²) < 4.78 is 7.39. The molecule has 1 aromatic heterocycles. The smallest absolute Gasteiger partial charge is 0.240 e. The van der Waals surface area contributed by atoms with Crippen molar-refractivity contribution in [3.63, 3.8) is 0 Å². The molecule has 3 atom stereocenters. The predicted octanol–water partition coefficient (Wildman–Crippen LogP) is 0.909. The van der Waals surface area contributed by atoms with Gasteiger partial charge >= 0.3 is 0 Å². The van der Waals surface area contributed by atoms with Crippen molar-refractivity contribution in [2.24, 2.45) is 0 Å². The van der Waals surface area contributed by atoms with Gasteiger partial charge in [-0.3, -0.25) is 4.79 Å². The van der Waals surface area contributed by atoms with Crippen molar-refractivity contribution in [1.82, 2.24) is 14.5 Å². The summed E-state index contributed by atoms with van der Waals surface area (Å²) in [5.74, 6) is -0.0451. The van der Waals surface area contributed by atoms with Crippen LogP contribution >= 0.6 is 11.6 Å². The monoisotopic (exact) mass is 257 g/mol. The predicted molar refractivity (Wildman–Crippen MR) is 64.0 cm³/mol. The number of carbonyl (C=O) groups is 1. The molecular formula is C11H16ClN3O2. The van der Waals surface area contributed by atoms with E-state index in [-0.39, 0.29) is 18.1 Å². The van der Waals surface area contributed by atoms with Crippen LogP contribution in [0.5, 0.6) is 0 Å². The van der Waals surface area contributed by atoms with Gasteiger partial charge in [0.15, 0.2) is 0 Å². The van der Waals surface area contributed by atoms with Crippen LogP contribution in [0.15, 0.2) is 18.7 Å². The maximum Gasteiger partial charge on any atom is 0.240 e. The molecule has 1 aromatic rings. The Bertz CT molecular complexity index is 380. The summed E-state index contributed by atoms with van der Waals surface area (Å²) in [6.07, 6.45) is 5.34. The summed E-state index contributed by atoms with van der Waals surface area (Å²) in [5.41, 5.74) is 0. The molecule has 1 fully saturated rings. The zero-order valence-corrected chi connectivity index (χ0v) is 10.7. The molecule has 17 heavy (non-hydrogen) atoms. The van der Waals surface area contributed by atoms with Gasteiger partial charge in [-0.1, -0.05) is 0 Å². The second kappa shape index (κ2) is 5.06. The van der Waals surface area contributed by atoms with Crippen molar-refractivity contribution in [2.45, 2.75) is 24.4 Å². The van der Waals surface area contributed by atoms with Crippen molar-refractivity contribution in [2.75, 3.05) is 20.2 Å². The van der Waals surface area contributed by atoms with Crippen molar-refractivity contribution in [1.29, 1.82) is 0 Å². The first kappa shape index (κ1) is 12.4. The number of alkyl halides is 1. The number of likely N-dealkylation sites (tertiary alicyclic amines) is 1. The van der Waals surface area contributed by atoms with Gasteiger partial charge in [-0.15, -0.1) is 11.6 Å². The summed E-state index contributed by atoms with van der Waals surface area (Å²) >= 11 is 5.82. The van der Waals surface area contributed by atoms with E-state index in [0.29, 0.717) is 13.1 Å². The van der Waals surface area contributed by atoms with Gasteiger partial charge in [-0.05, 0) is 6.92 Å². The van der Waals surface area contributed by atoms with E-state index >= 15 is 0 Å². The maximum atomic E-state index is 11.8. The van der Waals surface area contributed by atoms with Crippen LogP contribution < -0.4 is 0 Å². The summed E-state index contributed by atoms with van der Waals surface area (Å²) in [4.78, 5) is 17.6. The van der Waals surface area contributed by atoms with Crippen molar-refractivity contribution < 1.29 is 9.53 Å². The van der Waals surface area contributed by atoms with Crippen LogP contribution in [0.3, 0.4) is 0 Å². The highest BCUT2D eigenvalue weighted by atomic mass is 35.5. The molecule has 1 amide bonds. The fraction of sp³-hybridized carbons (Fsp3) is 0.636. The fourth-order valence-corrected chi connectivity index (χ4v) is 2.31. The van der Waals surface area contributed by atoms with E-state index in [1.54, 1.807) is 31.5 Å². The van der Waals surface area contributed by atoms with E-state index in [9.17, 15) is 4.79 Å². The molecule has 0 unspecified atom stereocenters. The van der Waals surface area contributed by atoms with Crippen LogP contribution in [0.2, 0.25) is 0 Å². The van der Waals surface area contributed by atoms with Crippen LogP contribution in [-0.4, -0.2) is 52.0 Å². The Morgan fingerprint density at radius 3 is 2.88 bits per heavy atom. The highest BCUT2D eigenvalue weighted by molar-refractivity contribution is 6.30. The van der Waals surface area contributed by atoms with Crippen molar-refractivity contribution in [3.05, 3.63) is 18.7 Å². The Hall–Kier alpha value is -1.07. The third-order valence-corrected chi connectivity index (χ3v) is 3.29. The molecule has 1 aliphatic rings. The Morgan fingerprint density at radius 2 is 2.35 bits per heavy atom. The lowest BCUT2D eigenvalue weighted by molar-refractivity contribution is -0.129. The van der Waals surface area contributed by atoms with Gasteiger partial charge in [-0.2, -0.15) is 0 Å². The topological polar surface area (TPSA) is 47.4 Å². The Kier molecular flexibility index (Phi) is 3.69. The molecule has 2 rings (SSSR count). The number of nitrogens with zero attached hydrogens (tertiary/aromatic N) is 3. The second-order valence-electron chi connectivity index (χ2n) is 4.21. The Labute approximate surface area is 105 Å². The quantitative estimate of drug-likeness (QED) is 0.757. The minimum Gasteiger partial charge on any atom is -0.377 e. The van der Waals surface area contributed by atoms with Crippen LogP contribution in [0.25, 0.3) is 0 Å². The average molecular weight is 258 g/mol. The standard InChI is InChI=1S/C11H16ClN3O2/c1-8(12)11(16)15-5-9(10(6-15)17-2)14-4-3-13-7-14/h3-4,7-10H,5-6H2,1-2H3/t8-,9+,10+/m0/s1. The molecule has 0 aliphatic carbocycles. The fourth-order valence-electron chi connectivity index (χ4n) is 2.17. The number of ether oxygens (including phenoxy) is 1. The molecule has 0 bridgehead atoms. The van der Waals surface area contributed by atoms with E-state index in [0.717, 1.165) is 0 Å². The zero-order chi connectivity index (χ0) is 12.4. The van der Waals surface area contributed by atoms with Gasteiger partial charge in [0.05, 0.1) is 18.5 Å². The zero-order valence-electron chi connectivity index (χ0n) is 9.91. The van der Waals surface area contributed by atoms with Crippen LogP contribution in [-0.2, 0) is 9.53 Å². The van der Waals surface area contributed by atoms with E-state index in [4.69, 9.17) is 16.3 Å². The van der Waals surface area contributed by atoms with Crippen molar-refractivity contribution >= 4 is 17.5 Å². The summed E-state index contributed by atoms with van der Waals surface area (Å²) in [6, 6.07) is 0.113. The summed E-state index contributed by atoms with van der Waals surface area (Å²) in [6.45, 7) is 2.89. The third-order valence-electron chi connectivity index (χ3n) is 3.10. The SMILES string of the molecule is CO[C@@H]1CN(C(=O)[C@H](C)Cl)C[C@H]1n1ccnc1. The lowest BCUT2D eigenvalue weighted by atomic mass is 10.2. The highest BCUT2D eigenvalue weighted by Gasteiger charge is 2.37. The van der Waals surface area contributed by atoms with E-state index < -0.39 is 5.38 Å². The highest BCUT2D eigenvalue weighted by Crippen LogP contribution is 2.25. The maximum absolute atomic E-state index is 11.8. The average Bonchev–Trinajstić information content (AvgIpc) is 2.95. The molecule has 1 saturated heterocycles. The first-order chi connectivity index (χ1) is 8.13. The molecule has 94 valence electrons. The number of hydrogen-bond acceptors (Lipinski definition) is 3. The first-order valence-electron chi connectivity index (χ1n) is 5.56. The molecule has 1 aliphatic heterocycles. The van der Waals surface area contributed by atoms with Crippen LogP contribution in [0.1, 0.15) is 13.0 Å². The minimum absolute atomic E-state index is 0.0106. The van der Waals surface area contributed by atoms with E-state index in [1.807, 2.05) is 10.8 Å². The lowest BCUT2D eigenvalue weighted by Crippen LogP contribution is -2.34. The number of amides is 1. The van der Waals surface area contributed by atoms with Gasteiger partial charge in [0.1, 0.15) is 5.38 Å². The molecule has 0 spiro atoms. The van der Waals surface area contributed by atoms with Gasteiger partial charge in [0.25, 0.3) is 0 Å². The molecule has 0 radical (unpaired) electrons. The molecule has 0 N–H and O–H groups in total. The molecule has 0 aromatic carbocycles. The number of rotatable bonds is 3. The molecule has 6 heteroatoms. The molecule has 2 heterocycles.